The molecule has 18 heavy (non-hydrogen) atoms. The van der Waals surface area contributed by atoms with Crippen LogP contribution >= 0.6 is 0 Å². The monoisotopic (exact) mass is 251 g/mol. The first kappa shape index (κ1) is 12.7. The van der Waals surface area contributed by atoms with Gasteiger partial charge in [0, 0.05) is 6.54 Å². The average Bonchev–Trinajstić information content (AvgIpc) is 2.69. The lowest BCUT2D eigenvalue weighted by Gasteiger charge is -2.08. The highest BCUT2D eigenvalue weighted by atomic mass is 16.3. The zero-order valence-corrected chi connectivity index (χ0v) is 10.4. The zero-order valence-electron chi connectivity index (χ0n) is 10.4. The fourth-order valence-electron chi connectivity index (χ4n) is 1.67. The van der Waals surface area contributed by atoms with E-state index in [0.717, 1.165) is 0 Å². The van der Waals surface area contributed by atoms with Gasteiger partial charge in [0.1, 0.15) is 11.8 Å². The second kappa shape index (κ2) is 5.28. The van der Waals surface area contributed by atoms with Crippen LogP contribution in [0.25, 0.3) is 11.2 Å². The number of anilines is 1. The molecule has 7 nitrogen and oxygen atoms in total. The molecular formula is C11H17N5O2. The molecule has 0 saturated carbocycles. The van der Waals surface area contributed by atoms with E-state index in [4.69, 9.17) is 0 Å². The van der Waals surface area contributed by atoms with Gasteiger partial charge in [-0.2, -0.15) is 0 Å². The Hall–Kier alpha value is -1.73. The Bertz CT molecular complexity index is 523. The summed E-state index contributed by atoms with van der Waals surface area (Å²) in [4.78, 5) is 12.5. The van der Waals surface area contributed by atoms with Gasteiger partial charge in [-0.15, -0.1) is 0 Å². The van der Waals surface area contributed by atoms with E-state index in [2.05, 4.69) is 20.3 Å². The van der Waals surface area contributed by atoms with Crippen LogP contribution in [0.2, 0.25) is 0 Å². The second-order valence-electron chi connectivity index (χ2n) is 4.37. The number of hydrogen-bond donors (Lipinski definition) is 3. The number of fused-ring (bicyclic) bond motifs is 1. The summed E-state index contributed by atoms with van der Waals surface area (Å²) in [5, 5.41) is 21.6. The highest BCUT2D eigenvalue weighted by Gasteiger charge is 2.11. The number of aliphatic hydroxyl groups excluding tert-OH is 2. The smallest absolute Gasteiger partial charge is 0.165 e. The van der Waals surface area contributed by atoms with Crippen LogP contribution in [0, 0.1) is 0 Å². The summed E-state index contributed by atoms with van der Waals surface area (Å²) < 4.78 is 1.77. The molecule has 2 atom stereocenters. The number of imidazole rings is 1. The second-order valence-corrected chi connectivity index (χ2v) is 4.37. The van der Waals surface area contributed by atoms with Crippen LogP contribution in [-0.4, -0.2) is 48.5 Å². The van der Waals surface area contributed by atoms with Crippen molar-refractivity contribution in [2.75, 3.05) is 11.9 Å². The summed E-state index contributed by atoms with van der Waals surface area (Å²) in [7, 11) is 0. The van der Waals surface area contributed by atoms with Gasteiger partial charge in [0.15, 0.2) is 11.5 Å². The minimum Gasteiger partial charge on any atom is -0.392 e. The Morgan fingerprint density at radius 2 is 2.00 bits per heavy atom. The van der Waals surface area contributed by atoms with E-state index in [1.165, 1.54) is 6.33 Å². The summed E-state index contributed by atoms with van der Waals surface area (Å²) in [6.45, 7) is 4.23. The van der Waals surface area contributed by atoms with Crippen LogP contribution < -0.4 is 5.32 Å². The van der Waals surface area contributed by atoms with Gasteiger partial charge < -0.3 is 20.1 Å². The van der Waals surface area contributed by atoms with Crippen LogP contribution in [0.1, 0.15) is 13.8 Å². The molecule has 2 aromatic heterocycles. The maximum Gasteiger partial charge on any atom is 0.165 e. The molecule has 0 saturated heterocycles. The van der Waals surface area contributed by atoms with Crippen molar-refractivity contribution in [1.29, 1.82) is 0 Å². The van der Waals surface area contributed by atoms with Crippen LogP contribution in [-0.2, 0) is 6.54 Å². The number of aromatic nitrogens is 4. The lowest BCUT2D eigenvalue weighted by atomic mass is 10.4. The van der Waals surface area contributed by atoms with Gasteiger partial charge in [-0.1, -0.05) is 0 Å². The average molecular weight is 251 g/mol. The van der Waals surface area contributed by atoms with Crippen molar-refractivity contribution in [3.05, 3.63) is 12.7 Å². The van der Waals surface area contributed by atoms with Crippen molar-refractivity contribution in [1.82, 2.24) is 19.5 Å². The summed E-state index contributed by atoms with van der Waals surface area (Å²) in [5.74, 6) is 0.588. The first-order valence-electron chi connectivity index (χ1n) is 5.83. The molecule has 0 spiro atoms. The maximum absolute atomic E-state index is 9.39. The lowest BCUT2D eigenvalue weighted by Crippen LogP contribution is -2.16. The lowest BCUT2D eigenvalue weighted by molar-refractivity contribution is 0.175. The zero-order chi connectivity index (χ0) is 13.1. The van der Waals surface area contributed by atoms with Gasteiger partial charge in [-0.25, -0.2) is 15.0 Å². The van der Waals surface area contributed by atoms with Crippen molar-refractivity contribution in [2.45, 2.75) is 32.6 Å². The molecule has 0 aliphatic heterocycles. The molecule has 0 aromatic carbocycles. The normalized spacial score (nSPS) is 14.7. The highest BCUT2D eigenvalue weighted by Crippen LogP contribution is 2.17. The van der Waals surface area contributed by atoms with Gasteiger partial charge in [-0.05, 0) is 13.8 Å². The molecule has 1 unspecified atom stereocenters. The molecule has 0 aliphatic carbocycles. The summed E-state index contributed by atoms with van der Waals surface area (Å²) in [6.07, 6.45) is 2.13. The van der Waals surface area contributed by atoms with Crippen molar-refractivity contribution in [3.8, 4) is 0 Å². The van der Waals surface area contributed by atoms with Crippen LogP contribution in [0.5, 0.6) is 0 Å². The molecule has 0 fully saturated rings. The third-order valence-electron chi connectivity index (χ3n) is 2.43. The molecule has 2 aromatic rings. The third-order valence-corrected chi connectivity index (χ3v) is 2.43. The maximum atomic E-state index is 9.39. The summed E-state index contributed by atoms with van der Waals surface area (Å²) in [5.41, 5.74) is 1.30. The molecule has 2 heterocycles. The number of aliphatic hydroxyl groups is 2. The Morgan fingerprint density at radius 1 is 1.22 bits per heavy atom. The van der Waals surface area contributed by atoms with Crippen molar-refractivity contribution in [3.63, 3.8) is 0 Å². The van der Waals surface area contributed by atoms with Gasteiger partial charge >= 0.3 is 0 Å². The molecular weight excluding hydrogens is 234 g/mol. The van der Waals surface area contributed by atoms with E-state index in [1.54, 1.807) is 24.7 Å². The molecule has 3 N–H and O–H groups in total. The highest BCUT2D eigenvalue weighted by molar-refractivity contribution is 5.82. The quantitative estimate of drug-likeness (QED) is 0.692. The molecule has 7 heteroatoms. The van der Waals surface area contributed by atoms with E-state index in [-0.39, 0.29) is 0 Å². The van der Waals surface area contributed by atoms with Crippen molar-refractivity contribution in [2.24, 2.45) is 0 Å². The molecule has 2 rings (SSSR count). The number of rotatable bonds is 5. The first-order valence-corrected chi connectivity index (χ1v) is 5.83. The molecule has 0 bridgehead atoms. The topological polar surface area (TPSA) is 96.1 Å². The molecule has 0 aliphatic rings. The van der Waals surface area contributed by atoms with Gasteiger partial charge in [-0.3, -0.25) is 0 Å². The predicted octanol–water partition coefficient (Wildman–Crippen LogP) is -0.000200. The summed E-state index contributed by atoms with van der Waals surface area (Å²) in [6, 6.07) is 0. The standard InChI is InChI=1S/C11H17N5O2/c1-7(17)3-12-10-9-11(14-5-13-10)16(6-15-9)4-8(2)18/h5-8,17-18H,3-4H2,1-2H3,(H,12,13,14)/t7?,8-/m1/s1. The Kier molecular flexibility index (Phi) is 3.73. The number of hydrogen-bond acceptors (Lipinski definition) is 6. The van der Waals surface area contributed by atoms with Crippen molar-refractivity contribution >= 4 is 17.0 Å². The molecule has 0 amide bonds. The van der Waals surface area contributed by atoms with Gasteiger partial charge in [0.05, 0.1) is 25.1 Å². The van der Waals surface area contributed by atoms with E-state index >= 15 is 0 Å². The first-order chi connectivity index (χ1) is 8.58. The van der Waals surface area contributed by atoms with Crippen molar-refractivity contribution < 1.29 is 10.2 Å². The van der Waals surface area contributed by atoms with Crippen LogP contribution in [0.4, 0.5) is 5.82 Å². The van der Waals surface area contributed by atoms with Crippen LogP contribution in [0.3, 0.4) is 0 Å². The van der Waals surface area contributed by atoms with E-state index in [1.807, 2.05) is 0 Å². The fraction of sp³-hybridized carbons (Fsp3) is 0.545. The Labute approximate surface area is 105 Å². The number of nitrogens with zero attached hydrogens (tertiary/aromatic N) is 4. The van der Waals surface area contributed by atoms with E-state index < -0.39 is 12.2 Å². The fourth-order valence-corrected chi connectivity index (χ4v) is 1.67. The molecule has 98 valence electrons. The van der Waals surface area contributed by atoms with E-state index in [9.17, 15) is 10.2 Å². The molecule has 0 radical (unpaired) electrons. The van der Waals surface area contributed by atoms with E-state index in [0.29, 0.717) is 30.1 Å². The Morgan fingerprint density at radius 3 is 2.67 bits per heavy atom. The number of nitrogens with one attached hydrogen (secondary N) is 1. The Balaban J connectivity index is 2.30. The largest absolute Gasteiger partial charge is 0.392 e. The minimum atomic E-state index is -0.466. The SMILES string of the molecule is CC(O)CNc1ncnc2c1ncn2C[C@@H](C)O. The van der Waals surface area contributed by atoms with Crippen LogP contribution in [0.15, 0.2) is 12.7 Å². The third kappa shape index (κ3) is 2.74. The van der Waals surface area contributed by atoms with Gasteiger partial charge in [0.25, 0.3) is 0 Å². The minimum absolute atomic E-state index is 0.398. The van der Waals surface area contributed by atoms with Gasteiger partial charge in [0.2, 0.25) is 0 Å². The predicted molar refractivity (Wildman–Crippen MR) is 67.2 cm³/mol. The summed E-state index contributed by atoms with van der Waals surface area (Å²) >= 11 is 0.